The van der Waals surface area contributed by atoms with Crippen LogP contribution in [0, 0.1) is 5.82 Å². The Kier molecular flexibility index (Phi) is 6.35. The van der Waals surface area contributed by atoms with E-state index in [0.717, 1.165) is 43.2 Å². The van der Waals surface area contributed by atoms with Crippen molar-refractivity contribution < 1.29 is 9.50 Å². The lowest BCUT2D eigenvalue weighted by molar-refractivity contribution is 0.334. The minimum Gasteiger partial charge on any atom is -0.392 e. The van der Waals surface area contributed by atoms with Gasteiger partial charge in [0.1, 0.15) is 5.82 Å². The van der Waals surface area contributed by atoms with Gasteiger partial charge in [0, 0.05) is 5.41 Å². The molecule has 0 aliphatic heterocycles. The highest BCUT2D eigenvalue weighted by Gasteiger charge is 2.35. The van der Waals surface area contributed by atoms with Crippen molar-refractivity contribution in [3.63, 3.8) is 0 Å². The monoisotopic (exact) mass is 314 g/mol. The van der Waals surface area contributed by atoms with Crippen LogP contribution in [0.25, 0.3) is 0 Å². The van der Waals surface area contributed by atoms with Gasteiger partial charge in [-0.05, 0) is 42.0 Å². The quantitative estimate of drug-likeness (QED) is 0.707. The number of rotatable bonds is 7. The van der Waals surface area contributed by atoms with E-state index >= 15 is 0 Å². The van der Waals surface area contributed by atoms with E-state index in [2.05, 4.69) is 26.0 Å². The molecule has 1 unspecified atom stereocenters. The van der Waals surface area contributed by atoms with Crippen molar-refractivity contribution >= 4 is 0 Å². The summed E-state index contributed by atoms with van der Waals surface area (Å²) in [7, 11) is 0. The van der Waals surface area contributed by atoms with Gasteiger partial charge in [-0.3, -0.25) is 0 Å². The zero-order valence-electron chi connectivity index (χ0n) is 14.2. The number of hydrogen-bond acceptors (Lipinski definition) is 1. The van der Waals surface area contributed by atoms with E-state index in [4.69, 9.17) is 0 Å². The van der Waals surface area contributed by atoms with Crippen LogP contribution in [0.15, 0.2) is 59.7 Å². The van der Waals surface area contributed by atoms with Gasteiger partial charge in [0.2, 0.25) is 0 Å². The van der Waals surface area contributed by atoms with Gasteiger partial charge in [-0.1, -0.05) is 69.2 Å². The lowest BCUT2D eigenvalue weighted by Gasteiger charge is -2.35. The summed E-state index contributed by atoms with van der Waals surface area (Å²) in [5, 5.41) is 9.36. The van der Waals surface area contributed by atoms with Gasteiger partial charge in [0.15, 0.2) is 0 Å². The Morgan fingerprint density at radius 1 is 1.13 bits per heavy atom. The maximum atomic E-state index is 14.6. The molecule has 0 bridgehead atoms. The SMILES string of the molecule is CCCCC(CC)(C1=CCC=C(CO)C=C1)c1ccccc1F. The molecule has 1 aliphatic carbocycles. The van der Waals surface area contributed by atoms with Gasteiger partial charge in [0.25, 0.3) is 0 Å². The third-order valence-corrected chi connectivity index (χ3v) is 4.88. The average Bonchev–Trinajstić information content (AvgIpc) is 2.83. The summed E-state index contributed by atoms with van der Waals surface area (Å²) in [5.74, 6) is -0.126. The van der Waals surface area contributed by atoms with Crippen LogP contribution < -0.4 is 0 Å². The fourth-order valence-electron chi connectivity index (χ4n) is 3.48. The Hall–Kier alpha value is -1.67. The molecule has 2 rings (SSSR count). The van der Waals surface area contributed by atoms with Gasteiger partial charge < -0.3 is 5.11 Å². The van der Waals surface area contributed by atoms with E-state index in [1.54, 1.807) is 12.1 Å². The van der Waals surface area contributed by atoms with Crippen molar-refractivity contribution in [2.45, 2.75) is 51.4 Å². The van der Waals surface area contributed by atoms with Crippen molar-refractivity contribution in [1.82, 2.24) is 0 Å². The van der Waals surface area contributed by atoms with Crippen LogP contribution in [0.2, 0.25) is 0 Å². The van der Waals surface area contributed by atoms with Crippen LogP contribution in [-0.4, -0.2) is 11.7 Å². The normalized spacial score (nSPS) is 17.2. The Balaban J connectivity index is 2.50. The molecular formula is C21H27FO. The smallest absolute Gasteiger partial charge is 0.127 e. The molecule has 1 aromatic rings. The predicted octanol–water partition coefficient (Wildman–Crippen LogP) is 5.47. The first-order valence-electron chi connectivity index (χ1n) is 8.61. The van der Waals surface area contributed by atoms with Gasteiger partial charge in [-0.2, -0.15) is 0 Å². The molecule has 1 aliphatic rings. The van der Waals surface area contributed by atoms with Gasteiger partial charge >= 0.3 is 0 Å². The molecule has 124 valence electrons. The summed E-state index contributed by atoms with van der Waals surface area (Å²) in [6, 6.07) is 7.16. The zero-order chi connectivity index (χ0) is 16.7. The summed E-state index contributed by atoms with van der Waals surface area (Å²) in [6.45, 7) is 4.36. The van der Waals surface area contributed by atoms with Crippen LogP contribution in [0.1, 0.15) is 51.5 Å². The lowest BCUT2D eigenvalue weighted by atomic mass is 9.68. The first-order valence-corrected chi connectivity index (χ1v) is 8.61. The average molecular weight is 314 g/mol. The second kappa shape index (κ2) is 8.26. The van der Waals surface area contributed by atoms with Gasteiger partial charge in [0.05, 0.1) is 6.61 Å². The van der Waals surface area contributed by atoms with E-state index in [0.29, 0.717) is 0 Å². The van der Waals surface area contributed by atoms with Crippen LogP contribution in [0.4, 0.5) is 4.39 Å². The third-order valence-electron chi connectivity index (χ3n) is 4.88. The van der Waals surface area contributed by atoms with Crippen LogP contribution in [-0.2, 0) is 5.41 Å². The number of aliphatic hydroxyl groups is 1. The highest BCUT2D eigenvalue weighted by molar-refractivity contribution is 5.45. The molecule has 0 amide bonds. The Bertz CT molecular complexity index is 612. The van der Waals surface area contributed by atoms with Gasteiger partial charge in [-0.25, -0.2) is 4.39 Å². The number of hydrogen-bond donors (Lipinski definition) is 1. The topological polar surface area (TPSA) is 20.2 Å². The minimum atomic E-state index is -0.295. The van der Waals surface area contributed by atoms with E-state index in [1.165, 1.54) is 5.57 Å². The molecule has 0 aromatic heterocycles. The zero-order valence-corrected chi connectivity index (χ0v) is 14.2. The molecule has 23 heavy (non-hydrogen) atoms. The third kappa shape index (κ3) is 3.81. The molecule has 1 nitrogen and oxygen atoms in total. The second-order valence-electron chi connectivity index (χ2n) is 6.18. The van der Waals surface area contributed by atoms with Crippen molar-refractivity contribution in [2.24, 2.45) is 0 Å². The van der Waals surface area contributed by atoms with E-state index < -0.39 is 0 Å². The Labute approximate surface area is 139 Å². The number of unbranched alkanes of at least 4 members (excludes halogenated alkanes) is 1. The van der Waals surface area contributed by atoms with Crippen molar-refractivity contribution in [1.29, 1.82) is 0 Å². The maximum absolute atomic E-state index is 14.6. The summed E-state index contributed by atoms with van der Waals surface area (Å²) in [4.78, 5) is 0. The number of halogens is 1. The second-order valence-corrected chi connectivity index (χ2v) is 6.18. The molecule has 1 aromatic carbocycles. The van der Waals surface area contributed by atoms with Crippen LogP contribution in [0.5, 0.6) is 0 Å². The largest absolute Gasteiger partial charge is 0.392 e. The lowest BCUT2D eigenvalue weighted by Crippen LogP contribution is -2.29. The molecule has 0 fully saturated rings. The molecule has 0 saturated carbocycles. The Morgan fingerprint density at radius 3 is 2.57 bits per heavy atom. The minimum absolute atomic E-state index is 0.0470. The molecule has 0 spiro atoms. The standard InChI is InChI=1S/C21H27FO/c1-3-5-15-21(4-2,19-11-6-7-12-20(19)22)18-10-8-9-17(16-23)13-14-18/h6-7,9-14,23H,3-5,8,15-16H2,1-2H3. The molecule has 0 heterocycles. The summed E-state index contributed by atoms with van der Waals surface area (Å²) >= 11 is 0. The van der Waals surface area contributed by atoms with Crippen LogP contribution in [0.3, 0.4) is 0 Å². The van der Waals surface area contributed by atoms with Crippen molar-refractivity contribution in [3.8, 4) is 0 Å². The first kappa shape index (κ1) is 17.7. The maximum Gasteiger partial charge on any atom is 0.127 e. The molecule has 1 atom stereocenters. The number of benzene rings is 1. The molecule has 0 radical (unpaired) electrons. The number of aliphatic hydroxyl groups excluding tert-OH is 1. The van der Waals surface area contributed by atoms with E-state index in [1.807, 2.05) is 24.3 Å². The van der Waals surface area contributed by atoms with Crippen molar-refractivity contribution in [2.75, 3.05) is 6.61 Å². The van der Waals surface area contributed by atoms with E-state index in [-0.39, 0.29) is 17.8 Å². The van der Waals surface area contributed by atoms with Crippen molar-refractivity contribution in [3.05, 3.63) is 71.1 Å². The fourth-order valence-corrected chi connectivity index (χ4v) is 3.48. The number of allylic oxidation sites excluding steroid dienone is 4. The summed E-state index contributed by atoms with van der Waals surface area (Å²) in [6.07, 6.45) is 13.0. The molecular weight excluding hydrogens is 287 g/mol. The molecule has 2 heteroatoms. The van der Waals surface area contributed by atoms with E-state index in [9.17, 15) is 9.50 Å². The predicted molar refractivity (Wildman–Crippen MR) is 94.9 cm³/mol. The highest BCUT2D eigenvalue weighted by atomic mass is 19.1. The fraction of sp³-hybridized carbons (Fsp3) is 0.429. The van der Waals surface area contributed by atoms with Crippen LogP contribution >= 0.6 is 0 Å². The van der Waals surface area contributed by atoms with Gasteiger partial charge in [-0.15, -0.1) is 0 Å². The summed E-state index contributed by atoms with van der Waals surface area (Å²) < 4.78 is 14.6. The Morgan fingerprint density at radius 2 is 1.91 bits per heavy atom. The molecule has 0 saturated heterocycles. The molecule has 1 N–H and O–H groups in total. The first-order chi connectivity index (χ1) is 11.2. The highest BCUT2D eigenvalue weighted by Crippen LogP contribution is 2.43. The summed E-state index contributed by atoms with van der Waals surface area (Å²) in [5.41, 5.74) is 2.58.